The number of nitriles is 1. The summed E-state index contributed by atoms with van der Waals surface area (Å²) in [5, 5.41) is 12.2. The van der Waals surface area contributed by atoms with Gasteiger partial charge in [0, 0.05) is 17.4 Å². The maximum atomic E-state index is 8.83. The maximum Gasteiger partial charge on any atom is 0.101 e. The maximum absolute atomic E-state index is 8.83. The Bertz CT molecular complexity index is 362. The van der Waals surface area contributed by atoms with Gasteiger partial charge in [0.2, 0.25) is 0 Å². The predicted molar refractivity (Wildman–Crippen MR) is 63.6 cm³/mol. The highest BCUT2D eigenvalue weighted by atomic mass is 14.9. The number of nitrogen functional groups attached to an aromatic ring is 1. The van der Waals surface area contributed by atoms with Crippen molar-refractivity contribution in [2.24, 2.45) is 0 Å². The van der Waals surface area contributed by atoms with Crippen LogP contribution >= 0.6 is 0 Å². The van der Waals surface area contributed by atoms with E-state index in [1.54, 1.807) is 12.1 Å². The molecule has 0 saturated heterocycles. The Hall–Kier alpha value is -1.69. The van der Waals surface area contributed by atoms with Crippen molar-refractivity contribution in [2.45, 2.75) is 32.7 Å². The van der Waals surface area contributed by atoms with Gasteiger partial charge in [-0.15, -0.1) is 0 Å². The van der Waals surface area contributed by atoms with Crippen molar-refractivity contribution in [3.8, 4) is 6.07 Å². The minimum absolute atomic E-state index is 0.458. The molecule has 0 spiro atoms. The van der Waals surface area contributed by atoms with Crippen molar-refractivity contribution in [3.05, 3.63) is 23.8 Å². The highest BCUT2D eigenvalue weighted by molar-refractivity contribution is 5.62. The molecule has 1 aromatic carbocycles. The summed E-state index contributed by atoms with van der Waals surface area (Å²) in [5.74, 6) is 0. The van der Waals surface area contributed by atoms with Crippen molar-refractivity contribution in [2.75, 3.05) is 11.1 Å². The Balaban J connectivity index is 2.83. The lowest BCUT2D eigenvalue weighted by molar-refractivity contribution is 0.672. The van der Waals surface area contributed by atoms with E-state index >= 15 is 0 Å². The molecule has 0 aliphatic rings. The minimum Gasteiger partial charge on any atom is -0.398 e. The fourth-order valence-corrected chi connectivity index (χ4v) is 1.47. The molecule has 0 heterocycles. The van der Waals surface area contributed by atoms with E-state index in [1.165, 1.54) is 0 Å². The number of nitrogens with zero attached hydrogens (tertiary/aromatic N) is 1. The number of nitrogens with two attached hydrogens (primary N) is 1. The van der Waals surface area contributed by atoms with Crippen molar-refractivity contribution in [3.63, 3.8) is 0 Å². The van der Waals surface area contributed by atoms with Crippen LogP contribution in [0.15, 0.2) is 18.2 Å². The Morgan fingerprint density at radius 3 is 2.60 bits per heavy atom. The highest BCUT2D eigenvalue weighted by Gasteiger charge is 2.04. The third kappa shape index (κ3) is 2.88. The lowest BCUT2D eigenvalue weighted by atomic mass is 10.1. The molecule has 3 N–H and O–H groups in total. The molecule has 0 atom stereocenters. The molecule has 1 rings (SSSR count). The van der Waals surface area contributed by atoms with Crippen LogP contribution in [0.5, 0.6) is 0 Å². The van der Waals surface area contributed by atoms with Crippen molar-refractivity contribution < 1.29 is 0 Å². The molecule has 0 fully saturated rings. The number of nitrogens with one attached hydrogen (secondary N) is 1. The first kappa shape index (κ1) is 11.4. The second-order valence-corrected chi connectivity index (χ2v) is 3.57. The average Bonchev–Trinajstić information content (AvgIpc) is 2.28. The Morgan fingerprint density at radius 1 is 1.40 bits per heavy atom. The molecule has 0 radical (unpaired) electrons. The van der Waals surface area contributed by atoms with Crippen LogP contribution in [0.3, 0.4) is 0 Å². The summed E-state index contributed by atoms with van der Waals surface area (Å²) in [7, 11) is 0. The van der Waals surface area contributed by atoms with Gasteiger partial charge in [0.15, 0.2) is 0 Å². The van der Waals surface area contributed by atoms with E-state index < -0.39 is 0 Å². The number of hydrogen-bond donors (Lipinski definition) is 2. The molecule has 80 valence electrons. The molecule has 0 amide bonds. The zero-order valence-electron chi connectivity index (χ0n) is 9.25. The van der Waals surface area contributed by atoms with E-state index in [-0.39, 0.29) is 0 Å². The molecule has 1 aromatic rings. The lowest BCUT2D eigenvalue weighted by Crippen LogP contribution is -2.16. The van der Waals surface area contributed by atoms with Gasteiger partial charge in [-0.2, -0.15) is 5.26 Å². The Morgan fingerprint density at radius 2 is 2.07 bits per heavy atom. The molecule has 0 saturated carbocycles. The lowest BCUT2D eigenvalue weighted by Gasteiger charge is -2.16. The monoisotopic (exact) mass is 203 g/mol. The molecular weight excluding hydrogens is 186 g/mol. The second-order valence-electron chi connectivity index (χ2n) is 3.57. The summed E-state index contributed by atoms with van der Waals surface area (Å²) >= 11 is 0. The number of hydrogen-bond acceptors (Lipinski definition) is 3. The smallest absolute Gasteiger partial charge is 0.101 e. The Labute approximate surface area is 90.9 Å². The van der Waals surface area contributed by atoms with E-state index in [9.17, 15) is 0 Å². The van der Waals surface area contributed by atoms with E-state index in [0.29, 0.717) is 17.3 Å². The summed E-state index contributed by atoms with van der Waals surface area (Å²) in [6.45, 7) is 4.29. The van der Waals surface area contributed by atoms with E-state index in [4.69, 9.17) is 11.0 Å². The zero-order valence-corrected chi connectivity index (χ0v) is 9.25. The third-order valence-corrected chi connectivity index (χ3v) is 2.53. The summed E-state index contributed by atoms with van der Waals surface area (Å²) in [6.07, 6.45) is 2.14. The van der Waals surface area contributed by atoms with Gasteiger partial charge in [0.25, 0.3) is 0 Å². The average molecular weight is 203 g/mol. The van der Waals surface area contributed by atoms with Gasteiger partial charge in [-0.1, -0.05) is 13.8 Å². The van der Waals surface area contributed by atoms with Crippen LogP contribution in [0.2, 0.25) is 0 Å². The van der Waals surface area contributed by atoms with E-state index in [0.717, 1.165) is 18.5 Å². The van der Waals surface area contributed by atoms with Gasteiger partial charge in [-0.3, -0.25) is 0 Å². The molecule has 3 nitrogen and oxygen atoms in total. The standard InChI is InChI=1S/C12H17N3/c1-3-10(4-2)15-11-5-6-12(14)9(7-11)8-13/h5-7,10,15H,3-4,14H2,1-2H3. The van der Waals surface area contributed by atoms with Crippen molar-refractivity contribution in [1.29, 1.82) is 5.26 Å². The van der Waals surface area contributed by atoms with Crippen LogP contribution in [-0.4, -0.2) is 6.04 Å². The molecule has 0 aliphatic heterocycles. The first-order valence-electron chi connectivity index (χ1n) is 5.27. The van der Waals surface area contributed by atoms with Gasteiger partial charge < -0.3 is 11.1 Å². The molecule has 0 bridgehead atoms. The normalized spacial score (nSPS) is 10.0. The van der Waals surface area contributed by atoms with Crippen LogP contribution in [0.1, 0.15) is 32.3 Å². The third-order valence-electron chi connectivity index (χ3n) is 2.53. The summed E-state index contributed by atoms with van der Waals surface area (Å²) in [6, 6.07) is 8.02. The van der Waals surface area contributed by atoms with Gasteiger partial charge in [-0.25, -0.2) is 0 Å². The molecule has 15 heavy (non-hydrogen) atoms. The first-order chi connectivity index (χ1) is 7.21. The molecule has 0 aromatic heterocycles. The predicted octanol–water partition coefficient (Wildman–Crippen LogP) is 2.74. The summed E-state index contributed by atoms with van der Waals surface area (Å²) < 4.78 is 0. The fraction of sp³-hybridized carbons (Fsp3) is 0.417. The molecular formula is C12H17N3. The van der Waals surface area contributed by atoms with Gasteiger partial charge in [0.05, 0.1) is 5.56 Å². The van der Waals surface area contributed by atoms with Crippen LogP contribution in [0, 0.1) is 11.3 Å². The van der Waals surface area contributed by atoms with Crippen LogP contribution in [0.25, 0.3) is 0 Å². The number of benzene rings is 1. The quantitative estimate of drug-likeness (QED) is 0.739. The van der Waals surface area contributed by atoms with Crippen LogP contribution in [-0.2, 0) is 0 Å². The van der Waals surface area contributed by atoms with E-state index in [2.05, 4.69) is 25.2 Å². The van der Waals surface area contributed by atoms with Gasteiger partial charge in [-0.05, 0) is 31.0 Å². The number of anilines is 2. The topological polar surface area (TPSA) is 61.8 Å². The number of rotatable bonds is 4. The molecule has 0 aliphatic carbocycles. The molecule has 0 unspecified atom stereocenters. The second kappa shape index (κ2) is 5.26. The fourth-order valence-electron chi connectivity index (χ4n) is 1.47. The highest BCUT2D eigenvalue weighted by Crippen LogP contribution is 2.18. The van der Waals surface area contributed by atoms with Gasteiger partial charge in [0.1, 0.15) is 6.07 Å². The van der Waals surface area contributed by atoms with Crippen LogP contribution < -0.4 is 11.1 Å². The van der Waals surface area contributed by atoms with Crippen molar-refractivity contribution >= 4 is 11.4 Å². The zero-order chi connectivity index (χ0) is 11.3. The SMILES string of the molecule is CCC(CC)Nc1ccc(N)c(C#N)c1. The van der Waals surface area contributed by atoms with Crippen molar-refractivity contribution in [1.82, 2.24) is 0 Å². The summed E-state index contributed by atoms with van der Waals surface area (Å²) in [5.41, 5.74) is 7.68. The Kier molecular flexibility index (Phi) is 3.99. The minimum atomic E-state index is 0.458. The first-order valence-corrected chi connectivity index (χ1v) is 5.27. The summed E-state index contributed by atoms with van der Waals surface area (Å²) in [4.78, 5) is 0. The molecule has 3 heteroatoms. The van der Waals surface area contributed by atoms with Crippen LogP contribution in [0.4, 0.5) is 11.4 Å². The van der Waals surface area contributed by atoms with E-state index in [1.807, 2.05) is 6.07 Å². The van der Waals surface area contributed by atoms with Gasteiger partial charge >= 0.3 is 0 Å². The largest absolute Gasteiger partial charge is 0.398 e.